The predicted molar refractivity (Wildman–Crippen MR) is 77.4 cm³/mol. The van der Waals surface area contributed by atoms with Crippen molar-refractivity contribution in [2.45, 2.75) is 6.42 Å². The summed E-state index contributed by atoms with van der Waals surface area (Å²) >= 11 is 3.31. The molecule has 2 aromatic rings. The van der Waals surface area contributed by atoms with E-state index in [1.807, 2.05) is 0 Å². The summed E-state index contributed by atoms with van der Waals surface area (Å²) in [7, 11) is 0. The number of carbonyl (C=O) groups excluding carboxylic acids is 1. The van der Waals surface area contributed by atoms with Crippen molar-refractivity contribution < 1.29 is 14.3 Å². The van der Waals surface area contributed by atoms with E-state index in [9.17, 15) is 4.79 Å². The molecule has 0 aliphatic carbocycles. The topological polar surface area (TPSA) is 48.4 Å². The van der Waals surface area contributed by atoms with E-state index in [1.54, 1.807) is 36.7 Å². The second-order valence-corrected chi connectivity index (χ2v) is 5.35. The van der Waals surface area contributed by atoms with Crippen molar-refractivity contribution in [2.24, 2.45) is 0 Å². The first-order chi connectivity index (χ1) is 9.74. The fraction of sp³-hybridized carbons (Fsp3) is 0.200. The lowest BCUT2D eigenvalue weighted by Gasteiger charge is -2.09. The molecule has 0 radical (unpaired) electrons. The molecule has 1 aliphatic rings. The maximum Gasteiger partial charge on any atom is 0.194 e. The summed E-state index contributed by atoms with van der Waals surface area (Å²) in [4.78, 5) is 16.4. The minimum absolute atomic E-state index is 0.0885. The number of aromatic nitrogens is 1. The van der Waals surface area contributed by atoms with Gasteiger partial charge in [-0.2, -0.15) is 0 Å². The first kappa shape index (κ1) is 13.1. The lowest BCUT2D eigenvalue weighted by Crippen LogP contribution is -2.03. The quantitative estimate of drug-likeness (QED) is 0.791. The highest BCUT2D eigenvalue weighted by molar-refractivity contribution is 9.10. The third-order valence-corrected chi connectivity index (χ3v) is 3.41. The monoisotopic (exact) mass is 333 g/mol. The van der Waals surface area contributed by atoms with Crippen LogP contribution in [0.1, 0.15) is 22.3 Å². The average Bonchev–Trinajstić information content (AvgIpc) is 2.71. The molecule has 0 spiro atoms. The summed E-state index contributed by atoms with van der Waals surface area (Å²) < 4.78 is 11.9. The van der Waals surface area contributed by atoms with Gasteiger partial charge in [0, 0.05) is 34.4 Å². The molecule has 0 N–H and O–H groups in total. The van der Waals surface area contributed by atoms with Crippen molar-refractivity contribution in [3.63, 3.8) is 0 Å². The van der Waals surface area contributed by atoms with E-state index in [2.05, 4.69) is 20.9 Å². The molecular weight excluding hydrogens is 322 g/mol. The molecule has 1 aliphatic heterocycles. The second kappa shape index (κ2) is 5.63. The molecule has 0 amide bonds. The van der Waals surface area contributed by atoms with Gasteiger partial charge in [0.05, 0.1) is 13.2 Å². The summed E-state index contributed by atoms with van der Waals surface area (Å²) in [6.45, 7) is 1.24. The minimum Gasteiger partial charge on any atom is -0.490 e. The Labute approximate surface area is 124 Å². The SMILES string of the molecule is O=C(c1cncc(Br)c1)c1ccc2c(c1)OCCCO2. The van der Waals surface area contributed by atoms with E-state index in [-0.39, 0.29) is 5.78 Å². The average molecular weight is 334 g/mol. The van der Waals surface area contributed by atoms with Gasteiger partial charge in [0.25, 0.3) is 0 Å². The Morgan fingerprint density at radius 2 is 1.85 bits per heavy atom. The normalized spacial score (nSPS) is 13.7. The molecule has 5 heteroatoms. The van der Waals surface area contributed by atoms with Crippen molar-refractivity contribution in [3.05, 3.63) is 52.3 Å². The van der Waals surface area contributed by atoms with Crippen LogP contribution >= 0.6 is 15.9 Å². The van der Waals surface area contributed by atoms with Crippen molar-refractivity contribution >= 4 is 21.7 Å². The molecule has 0 bridgehead atoms. The fourth-order valence-corrected chi connectivity index (χ4v) is 2.37. The van der Waals surface area contributed by atoms with E-state index in [0.29, 0.717) is 35.8 Å². The molecule has 3 rings (SSSR count). The van der Waals surface area contributed by atoms with E-state index in [4.69, 9.17) is 9.47 Å². The smallest absolute Gasteiger partial charge is 0.194 e. The van der Waals surface area contributed by atoms with Gasteiger partial charge in [-0.15, -0.1) is 0 Å². The third kappa shape index (κ3) is 2.67. The van der Waals surface area contributed by atoms with Crippen molar-refractivity contribution in [1.82, 2.24) is 4.98 Å². The first-order valence-corrected chi connectivity index (χ1v) is 7.08. The number of ether oxygens (including phenoxy) is 2. The summed E-state index contributed by atoms with van der Waals surface area (Å²) in [6.07, 6.45) is 4.04. The van der Waals surface area contributed by atoms with Crippen LogP contribution in [0.2, 0.25) is 0 Å². The fourth-order valence-electron chi connectivity index (χ4n) is 2.01. The molecule has 0 fully saturated rings. The van der Waals surface area contributed by atoms with Crippen LogP contribution in [0.3, 0.4) is 0 Å². The Morgan fingerprint density at radius 3 is 2.65 bits per heavy atom. The van der Waals surface area contributed by atoms with Crippen LogP contribution in [0.4, 0.5) is 0 Å². The number of hydrogen-bond acceptors (Lipinski definition) is 4. The van der Waals surface area contributed by atoms with Crippen molar-refractivity contribution in [3.8, 4) is 11.5 Å². The number of rotatable bonds is 2. The highest BCUT2D eigenvalue weighted by Crippen LogP contribution is 2.31. The van der Waals surface area contributed by atoms with Crippen LogP contribution < -0.4 is 9.47 Å². The number of benzene rings is 1. The number of hydrogen-bond donors (Lipinski definition) is 0. The maximum absolute atomic E-state index is 12.4. The molecule has 4 nitrogen and oxygen atoms in total. The third-order valence-electron chi connectivity index (χ3n) is 2.98. The number of halogens is 1. The summed E-state index contributed by atoms with van der Waals surface area (Å²) in [5, 5.41) is 0. The van der Waals surface area contributed by atoms with E-state index >= 15 is 0 Å². The second-order valence-electron chi connectivity index (χ2n) is 4.43. The molecule has 1 aromatic carbocycles. The van der Waals surface area contributed by atoms with Crippen LogP contribution in [-0.4, -0.2) is 24.0 Å². The van der Waals surface area contributed by atoms with Crippen LogP contribution in [0.25, 0.3) is 0 Å². The predicted octanol–water partition coefficient (Wildman–Crippen LogP) is 3.24. The van der Waals surface area contributed by atoms with Crippen LogP contribution in [0.5, 0.6) is 11.5 Å². The maximum atomic E-state index is 12.4. The van der Waals surface area contributed by atoms with Gasteiger partial charge in [0.15, 0.2) is 17.3 Å². The van der Waals surface area contributed by atoms with E-state index in [0.717, 1.165) is 10.9 Å². The summed E-state index contributed by atoms with van der Waals surface area (Å²) in [6, 6.07) is 7.00. The largest absolute Gasteiger partial charge is 0.490 e. The van der Waals surface area contributed by atoms with Gasteiger partial charge in [0.2, 0.25) is 0 Å². The van der Waals surface area contributed by atoms with Crippen LogP contribution in [-0.2, 0) is 0 Å². The molecule has 2 heterocycles. The number of nitrogens with zero attached hydrogens (tertiary/aromatic N) is 1. The molecule has 1 aromatic heterocycles. The zero-order valence-electron chi connectivity index (χ0n) is 10.6. The van der Waals surface area contributed by atoms with Crippen LogP contribution in [0, 0.1) is 0 Å². The Morgan fingerprint density at radius 1 is 1.05 bits per heavy atom. The molecule has 0 unspecified atom stereocenters. The van der Waals surface area contributed by atoms with Gasteiger partial charge in [0.1, 0.15) is 0 Å². The summed E-state index contributed by atoms with van der Waals surface area (Å²) in [5.41, 5.74) is 1.10. The van der Waals surface area contributed by atoms with E-state index in [1.165, 1.54) is 0 Å². The van der Waals surface area contributed by atoms with Crippen molar-refractivity contribution in [2.75, 3.05) is 13.2 Å². The molecule has 20 heavy (non-hydrogen) atoms. The van der Waals surface area contributed by atoms with Crippen LogP contribution in [0.15, 0.2) is 41.1 Å². The van der Waals surface area contributed by atoms with Gasteiger partial charge < -0.3 is 9.47 Å². The number of carbonyl (C=O) groups is 1. The molecule has 102 valence electrons. The van der Waals surface area contributed by atoms with E-state index < -0.39 is 0 Å². The first-order valence-electron chi connectivity index (χ1n) is 6.29. The molecular formula is C15H12BrNO3. The zero-order valence-corrected chi connectivity index (χ0v) is 12.2. The highest BCUT2D eigenvalue weighted by atomic mass is 79.9. The lowest BCUT2D eigenvalue weighted by molar-refractivity contribution is 0.103. The minimum atomic E-state index is -0.0885. The van der Waals surface area contributed by atoms with Gasteiger partial charge in [-0.05, 0) is 40.2 Å². The van der Waals surface area contributed by atoms with Gasteiger partial charge in [-0.3, -0.25) is 9.78 Å². The van der Waals surface area contributed by atoms with Crippen molar-refractivity contribution in [1.29, 1.82) is 0 Å². The Balaban J connectivity index is 1.94. The Hall–Kier alpha value is -1.88. The molecule has 0 saturated carbocycles. The zero-order chi connectivity index (χ0) is 13.9. The molecule has 0 atom stereocenters. The summed E-state index contributed by atoms with van der Waals surface area (Å²) in [5.74, 6) is 1.22. The van der Waals surface area contributed by atoms with Gasteiger partial charge >= 0.3 is 0 Å². The Bertz CT molecular complexity index is 657. The number of fused-ring (bicyclic) bond motifs is 1. The Kier molecular flexibility index (Phi) is 3.69. The number of ketones is 1. The number of pyridine rings is 1. The van der Waals surface area contributed by atoms with Gasteiger partial charge in [-0.25, -0.2) is 0 Å². The highest BCUT2D eigenvalue weighted by Gasteiger charge is 2.15. The van der Waals surface area contributed by atoms with Gasteiger partial charge in [-0.1, -0.05) is 0 Å². The lowest BCUT2D eigenvalue weighted by atomic mass is 10.0. The molecule has 0 saturated heterocycles. The standard InChI is InChI=1S/C15H12BrNO3/c16-12-6-11(8-17-9-12)15(18)10-2-3-13-14(7-10)20-5-1-4-19-13/h2-3,6-9H,1,4-5H2.